The summed E-state index contributed by atoms with van der Waals surface area (Å²) >= 11 is 0. The molecule has 3 rings (SSSR count). The number of benzene rings is 1. The smallest absolute Gasteiger partial charge is 0.228 e. The Morgan fingerprint density at radius 1 is 1.12 bits per heavy atom. The molecule has 2 aromatic rings. The first-order chi connectivity index (χ1) is 12.2. The van der Waals surface area contributed by atoms with E-state index in [1.807, 2.05) is 43.3 Å². The maximum Gasteiger partial charge on any atom is 0.228 e. The van der Waals surface area contributed by atoms with E-state index in [1.54, 1.807) is 6.20 Å². The molecule has 1 N–H and O–H groups in total. The zero-order valence-electron chi connectivity index (χ0n) is 14.7. The summed E-state index contributed by atoms with van der Waals surface area (Å²) in [5.74, 6) is 1.77. The zero-order chi connectivity index (χ0) is 17.5. The molecule has 0 bridgehead atoms. The molecule has 1 aliphatic rings. The fourth-order valence-corrected chi connectivity index (χ4v) is 3.03. The fraction of sp³-hybridized carbons (Fsp3) is 0.400. The second-order valence-electron chi connectivity index (χ2n) is 6.25. The van der Waals surface area contributed by atoms with Gasteiger partial charge in [-0.05, 0) is 56.0 Å². The average Bonchev–Trinajstić information content (AvgIpc) is 2.65. The van der Waals surface area contributed by atoms with Crippen molar-refractivity contribution >= 4 is 17.4 Å². The number of hydrogen-bond acceptors (Lipinski definition) is 4. The van der Waals surface area contributed by atoms with E-state index in [9.17, 15) is 4.79 Å². The van der Waals surface area contributed by atoms with Crippen molar-refractivity contribution in [3.8, 4) is 5.75 Å². The Labute approximate surface area is 149 Å². The molecule has 5 heteroatoms. The van der Waals surface area contributed by atoms with Crippen molar-refractivity contribution in [3.63, 3.8) is 0 Å². The summed E-state index contributed by atoms with van der Waals surface area (Å²) in [5, 5.41) is 2.91. The maximum atomic E-state index is 12.2. The molecule has 0 aliphatic carbocycles. The molecule has 132 valence electrons. The Bertz CT molecular complexity index is 677. The number of aromatic nitrogens is 1. The van der Waals surface area contributed by atoms with Gasteiger partial charge in [0.25, 0.3) is 0 Å². The number of rotatable bonds is 6. The van der Waals surface area contributed by atoms with Gasteiger partial charge in [-0.1, -0.05) is 12.1 Å². The second-order valence-corrected chi connectivity index (χ2v) is 6.25. The van der Waals surface area contributed by atoms with Gasteiger partial charge in [0.1, 0.15) is 11.6 Å². The average molecular weight is 339 g/mol. The molecule has 1 aromatic heterocycles. The van der Waals surface area contributed by atoms with Crippen LogP contribution in [0.3, 0.4) is 0 Å². The number of carbonyl (C=O) groups excluding carboxylic acids is 1. The van der Waals surface area contributed by atoms with E-state index < -0.39 is 0 Å². The Morgan fingerprint density at radius 2 is 1.88 bits per heavy atom. The predicted molar refractivity (Wildman–Crippen MR) is 100 cm³/mol. The molecule has 0 radical (unpaired) electrons. The minimum Gasteiger partial charge on any atom is -0.494 e. The van der Waals surface area contributed by atoms with Gasteiger partial charge in [0, 0.05) is 13.1 Å². The molecule has 5 nitrogen and oxygen atoms in total. The first-order valence-corrected chi connectivity index (χ1v) is 8.97. The molecule has 25 heavy (non-hydrogen) atoms. The minimum atomic E-state index is -0.0447. The van der Waals surface area contributed by atoms with Crippen LogP contribution >= 0.6 is 0 Å². The monoisotopic (exact) mass is 339 g/mol. The number of pyridine rings is 1. The lowest BCUT2D eigenvalue weighted by atomic mass is 10.1. The first-order valence-electron chi connectivity index (χ1n) is 8.97. The molecule has 0 atom stereocenters. The Kier molecular flexibility index (Phi) is 5.88. The summed E-state index contributed by atoms with van der Waals surface area (Å²) in [6.45, 7) is 4.72. The first kappa shape index (κ1) is 17.3. The molecule has 1 fully saturated rings. The standard InChI is InChI=1S/C20H25N3O2/c1-2-25-18-9-6-16(7-10-18)14-20(24)22-17-8-11-19(21-15-17)23-12-4-3-5-13-23/h6-11,15H,2-5,12-14H2,1H3,(H,22,24). The van der Waals surface area contributed by atoms with Gasteiger partial charge in [-0.2, -0.15) is 0 Å². The lowest BCUT2D eigenvalue weighted by Crippen LogP contribution is -2.30. The summed E-state index contributed by atoms with van der Waals surface area (Å²) in [6.07, 6.45) is 5.82. The molecule has 1 amide bonds. The van der Waals surface area contributed by atoms with Gasteiger partial charge >= 0.3 is 0 Å². The SMILES string of the molecule is CCOc1ccc(CC(=O)Nc2ccc(N3CCCCC3)nc2)cc1. The van der Waals surface area contributed by atoms with Crippen LogP contribution in [0.4, 0.5) is 11.5 Å². The number of carbonyl (C=O) groups is 1. The van der Waals surface area contributed by atoms with Crippen molar-refractivity contribution in [2.45, 2.75) is 32.6 Å². The molecule has 1 saturated heterocycles. The molecule has 2 heterocycles. The highest BCUT2D eigenvalue weighted by Gasteiger charge is 2.12. The molecule has 0 spiro atoms. The van der Waals surface area contributed by atoms with Crippen molar-refractivity contribution < 1.29 is 9.53 Å². The van der Waals surface area contributed by atoms with Crippen LogP contribution in [0.5, 0.6) is 5.75 Å². The van der Waals surface area contributed by atoms with E-state index in [2.05, 4.69) is 15.2 Å². The number of ether oxygens (including phenoxy) is 1. The molecule has 0 saturated carbocycles. The van der Waals surface area contributed by atoms with Crippen LogP contribution in [-0.4, -0.2) is 30.6 Å². The molecule has 0 unspecified atom stereocenters. The fourth-order valence-electron chi connectivity index (χ4n) is 3.03. The van der Waals surface area contributed by atoms with Crippen LogP contribution in [0.1, 0.15) is 31.7 Å². The molecule has 1 aliphatic heterocycles. The summed E-state index contributed by atoms with van der Waals surface area (Å²) in [5.41, 5.74) is 1.69. The number of nitrogens with one attached hydrogen (secondary N) is 1. The Balaban J connectivity index is 1.53. The van der Waals surface area contributed by atoms with Gasteiger partial charge in [0.2, 0.25) is 5.91 Å². The highest BCUT2D eigenvalue weighted by Crippen LogP contribution is 2.19. The van der Waals surface area contributed by atoms with Gasteiger partial charge in [-0.15, -0.1) is 0 Å². The van der Waals surface area contributed by atoms with E-state index in [0.717, 1.165) is 35.9 Å². The second kappa shape index (κ2) is 8.51. The topological polar surface area (TPSA) is 54.5 Å². The van der Waals surface area contributed by atoms with Crippen molar-refractivity contribution in [2.24, 2.45) is 0 Å². The summed E-state index contributed by atoms with van der Waals surface area (Å²) in [7, 11) is 0. The molecular formula is C20H25N3O2. The summed E-state index contributed by atoms with van der Waals surface area (Å²) in [4.78, 5) is 19.0. The van der Waals surface area contributed by atoms with Crippen LogP contribution in [0, 0.1) is 0 Å². The van der Waals surface area contributed by atoms with Crippen molar-refractivity contribution in [2.75, 3.05) is 29.9 Å². The summed E-state index contributed by atoms with van der Waals surface area (Å²) in [6, 6.07) is 11.5. The van der Waals surface area contributed by atoms with Gasteiger partial charge < -0.3 is 15.0 Å². The van der Waals surface area contributed by atoms with Crippen molar-refractivity contribution in [1.29, 1.82) is 0 Å². The predicted octanol–water partition coefficient (Wildman–Crippen LogP) is 3.65. The minimum absolute atomic E-state index is 0.0447. The highest BCUT2D eigenvalue weighted by atomic mass is 16.5. The Hall–Kier alpha value is -2.56. The van der Waals surface area contributed by atoms with Crippen LogP contribution in [0.2, 0.25) is 0 Å². The zero-order valence-corrected chi connectivity index (χ0v) is 14.7. The van der Waals surface area contributed by atoms with Crippen LogP contribution in [-0.2, 0) is 11.2 Å². The number of hydrogen-bond donors (Lipinski definition) is 1. The van der Waals surface area contributed by atoms with Crippen molar-refractivity contribution in [3.05, 3.63) is 48.2 Å². The van der Waals surface area contributed by atoms with E-state index in [-0.39, 0.29) is 5.91 Å². The van der Waals surface area contributed by atoms with E-state index in [0.29, 0.717) is 13.0 Å². The third-order valence-electron chi connectivity index (χ3n) is 4.31. The Morgan fingerprint density at radius 3 is 2.52 bits per heavy atom. The number of anilines is 2. The quantitative estimate of drug-likeness (QED) is 0.873. The number of nitrogens with zero attached hydrogens (tertiary/aromatic N) is 2. The van der Waals surface area contributed by atoms with Gasteiger partial charge in [0.15, 0.2) is 0 Å². The van der Waals surface area contributed by atoms with E-state index in [4.69, 9.17) is 4.74 Å². The van der Waals surface area contributed by atoms with Gasteiger partial charge in [-0.25, -0.2) is 4.98 Å². The number of amides is 1. The third kappa shape index (κ3) is 4.95. The largest absolute Gasteiger partial charge is 0.494 e. The van der Waals surface area contributed by atoms with E-state index in [1.165, 1.54) is 19.3 Å². The van der Waals surface area contributed by atoms with Crippen LogP contribution < -0.4 is 15.0 Å². The van der Waals surface area contributed by atoms with Crippen LogP contribution in [0.15, 0.2) is 42.6 Å². The molecular weight excluding hydrogens is 314 g/mol. The lowest BCUT2D eigenvalue weighted by molar-refractivity contribution is -0.115. The van der Waals surface area contributed by atoms with Gasteiger partial charge in [0.05, 0.1) is 24.9 Å². The third-order valence-corrected chi connectivity index (χ3v) is 4.31. The molecule has 1 aromatic carbocycles. The normalized spacial score (nSPS) is 14.2. The maximum absolute atomic E-state index is 12.2. The summed E-state index contributed by atoms with van der Waals surface area (Å²) < 4.78 is 5.41. The highest BCUT2D eigenvalue weighted by molar-refractivity contribution is 5.92. The van der Waals surface area contributed by atoms with E-state index >= 15 is 0 Å². The van der Waals surface area contributed by atoms with Crippen molar-refractivity contribution in [1.82, 2.24) is 4.98 Å². The van der Waals surface area contributed by atoms with Gasteiger partial charge in [-0.3, -0.25) is 4.79 Å². The number of piperidine rings is 1. The lowest BCUT2D eigenvalue weighted by Gasteiger charge is -2.27. The van der Waals surface area contributed by atoms with Crippen LogP contribution in [0.25, 0.3) is 0 Å².